The van der Waals surface area contributed by atoms with E-state index in [0.717, 1.165) is 0 Å². The summed E-state index contributed by atoms with van der Waals surface area (Å²) in [6, 6.07) is -1.53. The highest BCUT2D eigenvalue weighted by Gasteiger charge is 2.53. The molecule has 298 valence electrons. The second kappa shape index (κ2) is 17.0. The zero-order valence-corrected chi connectivity index (χ0v) is 31.9. The number of methoxy groups -OCH3 is 1. The van der Waals surface area contributed by atoms with Crippen molar-refractivity contribution in [2.24, 2.45) is 23.7 Å². The third kappa shape index (κ3) is 9.51. The molecule has 14 nitrogen and oxygen atoms in total. The van der Waals surface area contributed by atoms with Crippen LogP contribution in [0.2, 0.25) is 0 Å². The number of esters is 1. The molecule has 0 unspecified atom stereocenters. The van der Waals surface area contributed by atoms with E-state index in [2.05, 4.69) is 0 Å². The Morgan fingerprint density at radius 1 is 0.922 bits per heavy atom. The average molecular weight is 740 g/mol. The maximum Gasteiger partial charge on any atom is 0.311 e. The monoisotopic (exact) mass is 739 g/mol. The predicted molar refractivity (Wildman–Crippen MR) is 186 cm³/mol. The number of ether oxygens (including phenoxy) is 6. The van der Waals surface area contributed by atoms with E-state index in [1.165, 1.54) is 41.7 Å². The van der Waals surface area contributed by atoms with E-state index in [1.807, 2.05) is 0 Å². The van der Waals surface area contributed by atoms with E-state index in [0.29, 0.717) is 0 Å². The molecule has 0 bridgehead atoms. The van der Waals surface area contributed by atoms with Crippen molar-refractivity contribution in [1.29, 1.82) is 0 Å². The van der Waals surface area contributed by atoms with Crippen LogP contribution in [0.5, 0.6) is 0 Å². The summed E-state index contributed by atoms with van der Waals surface area (Å²) in [6.45, 7) is 8.76. The van der Waals surface area contributed by atoms with Crippen molar-refractivity contribution in [2.75, 3.05) is 21.1 Å². The summed E-state index contributed by atoms with van der Waals surface area (Å²) < 4.78 is 84.6. The molecule has 5 N–H and O–H groups in total. The number of cyclic esters (lactones) is 1. The van der Waals surface area contributed by atoms with Crippen LogP contribution in [-0.2, 0) is 38.0 Å². The molecule has 0 radical (unpaired) electrons. The first-order chi connectivity index (χ1) is 25.8. The fraction of sp³-hybridized carbons (Fsp3) is 0.946. The van der Waals surface area contributed by atoms with Crippen molar-refractivity contribution in [3.63, 3.8) is 0 Å². The van der Waals surface area contributed by atoms with Crippen molar-refractivity contribution < 1.29 is 71.8 Å². The molecule has 51 heavy (non-hydrogen) atoms. The number of nitrogens with zero attached hydrogens (tertiary/aromatic N) is 1. The Hall–Kier alpha value is -1.30. The van der Waals surface area contributed by atoms with Crippen LogP contribution in [0.1, 0.15) is 103 Å². The molecule has 0 saturated carbocycles. The molecule has 3 aliphatic rings. The summed E-state index contributed by atoms with van der Waals surface area (Å²) in [5, 5.41) is 58.0. The molecule has 3 saturated heterocycles. The lowest BCUT2D eigenvalue weighted by Crippen LogP contribution is -2.61. The van der Waals surface area contributed by atoms with Crippen LogP contribution < -0.4 is 0 Å². The second-order valence-electron chi connectivity index (χ2n) is 15.9. The molecule has 3 rings (SSSR count). The number of hydrogen-bond donors (Lipinski definition) is 5. The average Bonchev–Trinajstić information content (AvgIpc) is 3.08. The Kier molecular flexibility index (Phi) is 11.8. The maximum absolute atomic E-state index is 14.2. The third-order valence-electron chi connectivity index (χ3n) is 11.5. The molecule has 18 atom stereocenters. The lowest BCUT2D eigenvalue weighted by molar-refractivity contribution is -0.318. The number of aliphatic hydroxyl groups is 5. The van der Waals surface area contributed by atoms with Crippen LogP contribution >= 0.6 is 0 Å². The van der Waals surface area contributed by atoms with Gasteiger partial charge in [-0.05, 0) is 74.8 Å². The zero-order chi connectivity index (χ0) is 44.0. The lowest BCUT2D eigenvalue weighted by Gasteiger charge is -2.49. The van der Waals surface area contributed by atoms with Crippen molar-refractivity contribution in [1.82, 2.24) is 4.90 Å². The molecule has 3 heterocycles. The molecule has 3 fully saturated rings. The minimum absolute atomic E-state index is 0.0203. The summed E-state index contributed by atoms with van der Waals surface area (Å²) >= 11 is 0. The van der Waals surface area contributed by atoms with Crippen LogP contribution in [-0.4, -0.2) is 148 Å². The molecule has 0 aromatic heterocycles. The van der Waals surface area contributed by atoms with Gasteiger partial charge in [0.25, 0.3) is 0 Å². The van der Waals surface area contributed by atoms with E-state index in [9.17, 15) is 35.1 Å². The van der Waals surface area contributed by atoms with Gasteiger partial charge in [-0.25, -0.2) is 0 Å². The second-order valence-corrected chi connectivity index (χ2v) is 15.9. The largest absolute Gasteiger partial charge is 0.459 e. The molecule has 0 aliphatic carbocycles. The number of ketones is 1. The number of carbonyl (C=O) groups is 2. The van der Waals surface area contributed by atoms with E-state index < -0.39 is 134 Å². The van der Waals surface area contributed by atoms with E-state index in [-0.39, 0.29) is 30.6 Å². The Balaban J connectivity index is 2.23. The normalized spacial score (nSPS) is 52.0. The Bertz CT molecular complexity index is 1360. The van der Waals surface area contributed by atoms with Crippen LogP contribution in [0.25, 0.3) is 0 Å². The van der Waals surface area contributed by atoms with Crippen LogP contribution in [0.3, 0.4) is 0 Å². The number of carbonyl (C=O) groups excluding carboxylic acids is 2. The van der Waals surface area contributed by atoms with E-state index in [4.69, 9.17) is 36.6 Å². The van der Waals surface area contributed by atoms with Crippen molar-refractivity contribution in [3.8, 4) is 0 Å². The van der Waals surface area contributed by atoms with Crippen LogP contribution in [0.15, 0.2) is 0 Å². The third-order valence-corrected chi connectivity index (χ3v) is 11.5. The quantitative estimate of drug-likeness (QED) is 0.237. The molecule has 3 aliphatic heterocycles. The Morgan fingerprint density at radius 3 is 2.12 bits per heavy atom. The van der Waals surface area contributed by atoms with Gasteiger partial charge >= 0.3 is 5.97 Å². The molecule has 0 spiro atoms. The Labute approximate surface area is 312 Å². The molecule has 14 heteroatoms. The van der Waals surface area contributed by atoms with E-state index >= 15 is 0 Å². The molecular weight excluding hydrogens is 666 g/mol. The Morgan fingerprint density at radius 2 is 1.55 bits per heavy atom. The smallest absolute Gasteiger partial charge is 0.311 e. The van der Waals surface area contributed by atoms with Gasteiger partial charge in [-0.3, -0.25) is 9.59 Å². The highest BCUT2D eigenvalue weighted by Crippen LogP contribution is 2.40. The van der Waals surface area contributed by atoms with Crippen LogP contribution in [0, 0.1) is 23.7 Å². The van der Waals surface area contributed by atoms with Gasteiger partial charge in [0.05, 0.1) is 47.6 Å². The summed E-state index contributed by atoms with van der Waals surface area (Å²) in [5.41, 5.74) is -5.29. The number of likely N-dealkylation sites (N-methyl/N-ethyl adjacent to an activating group) is 1. The molecule has 0 aromatic carbocycles. The summed E-state index contributed by atoms with van der Waals surface area (Å²) in [7, 11) is 1.42. The SMILES string of the molecule is [2H]C([2H])([2H])N([C@H]1C[C@@H](C)O[C@@H](O[C@@H]2[C@H](C)[C@H](O[C@H]3C[C@@](C)(OC)[C@@H](O)[C@H](C)O3)[C@@H](C)C(=O)O[C@H](CC)[C@@](C)(O)[C@@H](O)[C@@H](C)C(=O)[C@H](C)C[C@@]2(C)O)[C@@H]1O)C([2H])([2H])[2H]. The first-order valence-corrected chi connectivity index (χ1v) is 18.0. The minimum Gasteiger partial charge on any atom is -0.459 e. The number of hydrogen-bond acceptors (Lipinski definition) is 14. The first kappa shape index (κ1) is 35.4. The van der Waals surface area contributed by atoms with Gasteiger partial charge < -0.3 is 58.9 Å². The highest BCUT2D eigenvalue weighted by molar-refractivity contribution is 5.83. The number of Topliss-reactive ketones (excluding diaryl/α,β-unsaturated/α-hetero) is 1. The van der Waals surface area contributed by atoms with Gasteiger partial charge in [0.2, 0.25) is 0 Å². The van der Waals surface area contributed by atoms with Crippen molar-refractivity contribution >= 4 is 11.8 Å². The zero-order valence-electron chi connectivity index (χ0n) is 37.9. The van der Waals surface area contributed by atoms with Crippen molar-refractivity contribution in [3.05, 3.63) is 0 Å². The molecular formula is C37H67NO13. The van der Waals surface area contributed by atoms with Gasteiger partial charge in [0.15, 0.2) is 12.6 Å². The summed E-state index contributed by atoms with van der Waals surface area (Å²) in [6.07, 6.45) is -13.8. The lowest BCUT2D eigenvalue weighted by atomic mass is 9.74. The standard InChI is InChI=1S/C37H67NO13/c1-14-25-37(10,45)30(41)20(4)27(39)18(2)16-35(8,44)32(51-34-28(40)24(38(11)12)15-19(3)47-34)21(5)29(22(6)33(43)49-25)50-26-17-36(9,46-13)31(42)23(7)48-26/h18-26,28-32,34,40-42,44-45H,14-17H2,1-13H3/t18-,19-,20+,21-,22-,23+,24+,25-,26+,28-,29+,30+,31+,32-,34+,35-,36-,37-/m1/s1/i11D3,12D3. The number of aliphatic hydroxyl groups excluding tert-OH is 3. The topological polar surface area (TPSA) is 194 Å². The maximum atomic E-state index is 14.2. The van der Waals surface area contributed by atoms with Gasteiger partial charge in [0, 0.05) is 45.6 Å². The van der Waals surface area contributed by atoms with Gasteiger partial charge in [-0.1, -0.05) is 27.7 Å². The molecule has 0 amide bonds. The van der Waals surface area contributed by atoms with Crippen LogP contribution in [0.4, 0.5) is 0 Å². The van der Waals surface area contributed by atoms with Gasteiger partial charge in [-0.15, -0.1) is 0 Å². The number of rotatable bonds is 7. The minimum atomic E-state index is -3.17. The fourth-order valence-electron chi connectivity index (χ4n) is 8.15. The summed E-state index contributed by atoms with van der Waals surface area (Å²) in [5.74, 6) is -5.93. The highest BCUT2D eigenvalue weighted by atomic mass is 16.7. The fourth-order valence-corrected chi connectivity index (χ4v) is 8.15. The first-order valence-electron chi connectivity index (χ1n) is 21.0. The molecule has 0 aromatic rings. The van der Waals surface area contributed by atoms with E-state index in [1.54, 1.807) is 34.6 Å². The van der Waals surface area contributed by atoms with Crippen molar-refractivity contribution in [2.45, 2.75) is 179 Å². The predicted octanol–water partition coefficient (Wildman–Crippen LogP) is 1.79. The summed E-state index contributed by atoms with van der Waals surface area (Å²) in [4.78, 5) is 28.3. The van der Waals surface area contributed by atoms with Gasteiger partial charge in [-0.2, -0.15) is 0 Å². The van der Waals surface area contributed by atoms with Gasteiger partial charge in [0.1, 0.15) is 29.7 Å².